The van der Waals surface area contributed by atoms with Crippen LogP contribution in [0.25, 0.3) is 0 Å². The van der Waals surface area contributed by atoms with Crippen molar-refractivity contribution in [2.45, 2.75) is 55.8 Å². The molecule has 0 unspecified atom stereocenters. The highest BCUT2D eigenvalue weighted by Gasteiger charge is 2.42. The predicted octanol–water partition coefficient (Wildman–Crippen LogP) is 5.50. The second-order valence-electron chi connectivity index (χ2n) is 9.36. The zero-order valence-electron chi connectivity index (χ0n) is 20.7. The summed E-state index contributed by atoms with van der Waals surface area (Å²) in [6, 6.07) is 20.2. The predicted molar refractivity (Wildman–Crippen MR) is 143 cm³/mol. The molecule has 3 aromatic carbocycles. The molecule has 2 atom stereocenters. The van der Waals surface area contributed by atoms with Gasteiger partial charge in [-0.25, -0.2) is 8.42 Å². The molecule has 0 aliphatic carbocycles. The first kappa shape index (κ1) is 25.4. The van der Waals surface area contributed by atoms with Crippen molar-refractivity contribution in [3.05, 3.63) is 83.4 Å². The number of amides is 1. The molecule has 0 fully saturated rings. The van der Waals surface area contributed by atoms with Crippen LogP contribution in [0.15, 0.2) is 77.7 Å². The highest BCUT2D eigenvalue weighted by Crippen LogP contribution is 2.43. The molecule has 37 heavy (non-hydrogen) atoms. The summed E-state index contributed by atoms with van der Waals surface area (Å²) in [5.41, 5.74) is 0.889. The van der Waals surface area contributed by atoms with E-state index in [0.29, 0.717) is 22.9 Å². The van der Waals surface area contributed by atoms with E-state index in [1.54, 1.807) is 24.3 Å². The summed E-state index contributed by atoms with van der Waals surface area (Å²) < 4.78 is 40.9. The molecule has 7 nitrogen and oxygen atoms in total. The topological polar surface area (TPSA) is 84.9 Å². The summed E-state index contributed by atoms with van der Waals surface area (Å²) in [4.78, 5) is 13.7. The Hall–Kier alpha value is -3.23. The zero-order valence-corrected chi connectivity index (χ0v) is 22.3. The second kappa shape index (κ2) is 9.91. The molecule has 5 rings (SSSR count). The van der Waals surface area contributed by atoms with Crippen molar-refractivity contribution in [3.63, 3.8) is 0 Å². The Labute approximate surface area is 222 Å². The fourth-order valence-electron chi connectivity index (χ4n) is 4.99. The fraction of sp³-hybridized carbons (Fsp3) is 0.321. The molecule has 3 aromatic rings. The number of benzene rings is 3. The van der Waals surface area contributed by atoms with Crippen LogP contribution < -0.4 is 19.1 Å². The number of nitrogens with one attached hydrogen (secondary N) is 1. The van der Waals surface area contributed by atoms with E-state index in [9.17, 15) is 13.2 Å². The number of ether oxygens (including phenoxy) is 2. The van der Waals surface area contributed by atoms with Gasteiger partial charge in [-0.1, -0.05) is 55.8 Å². The van der Waals surface area contributed by atoms with Crippen LogP contribution in [0.3, 0.4) is 0 Å². The molecule has 1 amide bonds. The molecule has 0 saturated carbocycles. The minimum atomic E-state index is -3.97. The lowest BCUT2D eigenvalue weighted by Gasteiger charge is -2.42. The van der Waals surface area contributed by atoms with Crippen LogP contribution in [0, 0.1) is 0 Å². The number of para-hydroxylation sites is 3. The fourth-order valence-corrected chi connectivity index (χ4v) is 6.60. The smallest absolute Gasteiger partial charge is 0.264 e. The van der Waals surface area contributed by atoms with Gasteiger partial charge in [-0.05, 0) is 55.3 Å². The highest BCUT2D eigenvalue weighted by molar-refractivity contribution is 7.92. The average molecular weight is 541 g/mol. The molecular formula is C28H29ClN2O5S. The van der Waals surface area contributed by atoms with Crippen molar-refractivity contribution in [1.29, 1.82) is 0 Å². The molecule has 0 saturated heterocycles. The van der Waals surface area contributed by atoms with Crippen LogP contribution in [0.4, 0.5) is 5.69 Å². The average Bonchev–Trinajstić information content (AvgIpc) is 2.92. The van der Waals surface area contributed by atoms with Gasteiger partial charge in [-0.15, -0.1) is 0 Å². The van der Waals surface area contributed by atoms with Gasteiger partial charge in [0.05, 0.1) is 23.2 Å². The minimum Gasteiger partial charge on any atom is -0.487 e. The number of hydrogen-bond acceptors (Lipinski definition) is 5. The van der Waals surface area contributed by atoms with Crippen molar-refractivity contribution in [2.75, 3.05) is 10.8 Å². The first-order valence-corrected chi connectivity index (χ1v) is 14.2. The van der Waals surface area contributed by atoms with Crippen molar-refractivity contribution in [3.8, 4) is 11.5 Å². The van der Waals surface area contributed by atoms with E-state index in [1.807, 2.05) is 24.3 Å². The maximum absolute atomic E-state index is 13.6. The maximum atomic E-state index is 13.6. The van der Waals surface area contributed by atoms with Crippen molar-refractivity contribution in [2.24, 2.45) is 0 Å². The lowest BCUT2D eigenvalue weighted by atomic mass is 9.83. The van der Waals surface area contributed by atoms with E-state index in [0.717, 1.165) is 24.2 Å². The molecule has 0 aromatic heterocycles. The third-order valence-corrected chi connectivity index (χ3v) is 9.28. The van der Waals surface area contributed by atoms with Crippen LogP contribution in [0.1, 0.15) is 44.7 Å². The van der Waals surface area contributed by atoms with Crippen LogP contribution in [0.2, 0.25) is 5.02 Å². The Morgan fingerprint density at radius 3 is 2.35 bits per heavy atom. The van der Waals surface area contributed by atoms with Gasteiger partial charge in [-0.3, -0.25) is 9.10 Å². The van der Waals surface area contributed by atoms with E-state index in [-0.39, 0.29) is 23.4 Å². The standard InChI is InChI=1S/C28H29ClN2O5S/c1-3-28(4-2)17-22(21-9-5-7-11-24(21)36-28)30-27(32)26-18-31(23-10-6-8-12-25(23)35-26)37(33,34)20-15-13-19(29)14-16-20/h5-16,22,26H,3-4,17-18H2,1-2H3,(H,30,32)/t22-,26+/m0/s1. The number of carbonyl (C=O) groups is 1. The van der Waals surface area contributed by atoms with E-state index in [4.69, 9.17) is 21.1 Å². The number of sulfonamides is 1. The summed E-state index contributed by atoms with van der Waals surface area (Å²) in [5, 5.41) is 3.57. The molecule has 1 N–H and O–H groups in total. The van der Waals surface area contributed by atoms with Gasteiger partial charge in [0, 0.05) is 17.0 Å². The van der Waals surface area contributed by atoms with E-state index in [2.05, 4.69) is 19.2 Å². The summed E-state index contributed by atoms with van der Waals surface area (Å²) in [6.07, 6.45) is 1.17. The Balaban J connectivity index is 1.45. The molecule has 0 bridgehead atoms. The molecule has 2 aliphatic heterocycles. The van der Waals surface area contributed by atoms with E-state index in [1.165, 1.54) is 28.6 Å². The quantitative estimate of drug-likeness (QED) is 0.446. The van der Waals surface area contributed by atoms with Crippen LogP contribution in [0.5, 0.6) is 11.5 Å². The van der Waals surface area contributed by atoms with Gasteiger partial charge in [0.15, 0.2) is 6.10 Å². The summed E-state index contributed by atoms with van der Waals surface area (Å²) in [7, 11) is -3.97. The SMILES string of the molecule is CCC1(CC)C[C@H](NC(=O)[C@H]2CN(S(=O)(=O)c3ccc(Cl)cc3)c3ccccc3O2)c2ccccc2O1. The number of carbonyl (C=O) groups excluding carboxylic acids is 1. The Bertz CT molecular complexity index is 1410. The van der Waals surface area contributed by atoms with E-state index < -0.39 is 21.7 Å². The largest absolute Gasteiger partial charge is 0.487 e. The summed E-state index contributed by atoms with van der Waals surface area (Å²) >= 11 is 5.97. The van der Waals surface area contributed by atoms with Gasteiger partial charge in [0.1, 0.15) is 17.1 Å². The van der Waals surface area contributed by atoms with Crippen LogP contribution in [-0.2, 0) is 14.8 Å². The monoisotopic (exact) mass is 540 g/mol. The van der Waals surface area contributed by atoms with Gasteiger partial charge in [0.2, 0.25) is 0 Å². The first-order valence-electron chi connectivity index (χ1n) is 12.4. The molecular weight excluding hydrogens is 512 g/mol. The maximum Gasteiger partial charge on any atom is 0.264 e. The lowest BCUT2D eigenvalue weighted by Crippen LogP contribution is -2.52. The highest BCUT2D eigenvalue weighted by atomic mass is 35.5. The van der Waals surface area contributed by atoms with Gasteiger partial charge >= 0.3 is 0 Å². The van der Waals surface area contributed by atoms with Crippen LogP contribution >= 0.6 is 11.6 Å². The first-order chi connectivity index (χ1) is 17.8. The Kier molecular flexibility index (Phi) is 6.81. The van der Waals surface area contributed by atoms with Crippen LogP contribution in [-0.4, -0.2) is 32.6 Å². The van der Waals surface area contributed by atoms with Gasteiger partial charge in [-0.2, -0.15) is 0 Å². The number of fused-ring (bicyclic) bond motifs is 2. The summed E-state index contributed by atoms with van der Waals surface area (Å²) in [6.45, 7) is 4.00. The third kappa shape index (κ3) is 4.76. The van der Waals surface area contributed by atoms with Crippen molar-refractivity contribution in [1.82, 2.24) is 5.32 Å². The van der Waals surface area contributed by atoms with Crippen molar-refractivity contribution < 1.29 is 22.7 Å². The minimum absolute atomic E-state index is 0.0850. The molecule has 2 heterocycles. The zero-order chi connectivity index (χ0) is 26.2. The van der Waals surface area contributed by atoms with Gasteiger partial charge < -0.3 is 14.8 Å². The molecule has 2 aliphatic rings. The number of rotatable bonds is 6. The second-order valence-corrected chi connectivity index (χ2v) is 11.7. The summed E-state index contributed by atoms with van der Waals surface area (Å²) in [5.74, 6) is 0.702. The van der Waals surface area contributed by atoms with Crippen molar-refractivity contribution >= 4 is 33.2 Å². The molecule has 0 spiro atoms. The normalized spacial score (nSPS) is 20.1. The molecule has 194 valence electrons. The molecule has 0 radical (unpaired) electrons. The van der Waals surface area contributed by atoms with Gasteiger partial charge in [0.25, 0.3) is 15.9 Å². The Morgan fingerprint density at radius 1 is 1.00 bits per heavy atom. The third-order valence-electron chi connectivity index (χ3n) is 7.23. The van der Waals surface area contributed by atoms with E-state index >= 15 is 0 Å². The lowest BCUT2D eigenvalue weighted by molar-refractivity contribution is -0.129. The number of halogens is 1. The number of nitrogens with zero attached hydrogens (tertiary/aromatic N) is 1. The number of anilines is 1. The Morgan fingerprint density at radius 2 is 1.65 bits per heavy atom. The molecule has 9 heteroatoms. The number of hydrogen-bond donors (Lipinski definition) is 1.